The highest BCUT2D eigenvalue weighted by Gasteiger charge is 2.41. The number of rotatable bonds is 6. The minimum absolute atomic E-state index is 0.00400. The van der Waals surface area contributed by atoms with E-state index in [-0.39, 0.29) is 17.9 Å². The average Bonchev–Trinajstić information content (AvgIpc) is 3.40. The van der Waals surface area contributed by atoms with Crippen molar-refractivity contribution in [1.29, 1.82) is 0 Å². The third-order valence-electron chi connectivity index (χ3n) is 8.27. The molecule has 3 unspecified atom stereocenters. The number of benzene rings is 1. The number of piperidine rings is 1. The Labute approximate surface area is 206 Å². The Morgan fingerprint density at radius 2 is 2.00 bits per heavy atom. The van der Waals surface area contributed by atoms with Gasteiger partial charge in [-0.15, -0.1) is 0 Å². The molecule has 1 aromatic carbocycles. The SMILES string of the molecule is Cc1c(C(=O)NC2CC3CCCN(c4ccc(C(=O)NCC5CC5)cn4)C3C2)ccc2c1OCC2. The van der Waals surface area contributed by atoms with Gasteiger partial charge in [-0.25, -0.2) is 4.98 Å². The second-order valence-corrected chi connectivity index (χ2v) is 10.7. The van der Waals surface area contributed by atoms with E-state index < -0.39 is 0 Å². The molecule has 2 N–H and O–H groups in total. The summed E-state index contributed by atoms with van der Waals surface area (Å²) < 4.78 is 5.76. The molecular weight excluding hydrogens is 440 g/mol. The zero-order valence-electron chi connectivity index (χ0n) is 20.4. The Kier molecular flexibility index (Phi) is 5.86. The molecular formula is C28H34N4O3. The van der Waals surface area contributed by atoms with Gasteiger partial charge in [-0.3, -0.25) is 9.59 Å². The van der Waals surface area contributed by atoms with Crippen LogP contribution in [0.2, 0.25) is 0 Å². The van der Waals surface area contributed by atoms with Gasteiger partial charge in [0.1, 0.15) is 11.6 Å². The van der Waals surface area contributed by atoms with Gasteiger partial charge in [-0.05, 0) is 81.0 Å². The third-order valence-corrected chi connectivity index (χ3v) is 8.27. The predicted octanol–water partition coefficient (Wildman–Crippen LogP) is 3.64. The van der Waals surface area contributed by atoms with Crippen LogP contribution in [0.4, 0.5) is 5.82 Å². The van der Waals surface area contributed by atoms with E-state index in [1.165, 1.54) is 24.8 Å². The van der Waals surface area contributed by atoms with Gasteiger partial charge in [0, 0.05) is 48.9 Å². The summed E-state index contributed by atoms with van der Waals surface area (Å²) in [5.41, 5.74) is 3.48. The molecule has 7 nitrogen and oxygen atoms in total. The number of aromatic nitrogens is 1. The first-order valence-corrected chi connectivity index (χ1v) is 13.1. The Balaban J connectivity index is 1.11. The first kappa shape index (κ1) is 22.4. The van der Waals surface area contributed by atoms with E-state index in [1.54, 1.807) is 6.20 Å². The molecule has 184 valence electrons. The van der Waals surface area contributed by atoms with Crippen molar-refractivity contribution in [3.05, 3.63) is 52.7 Å². The highest BCUT2D eigenvalue weighted by atomic mass is 16.5. The summed E-state index contributed by atoms with van der Waals surface area (Å²) in [5, 5.41) is 6.32. The summed E-state index contributed by atoms with van der Waals surface area (Å²) in [4.78, 5) is 32.6. The summed E-state index contributed by atoms with van der Waals surface area (Å²) in [6, 6.07) is 8.36. The number of carbonyl (C=O) groups excluding carboxylic acids is 2. The lowest BCUT2D eigenvalue weighted by atomic mass is 9.92. The maximum absolute atomic E-state index is 13.1. The predicted molar refractivity (Wildman–Crippen MR) is 134 cm³/mol. The van der Waals surface area contributed by atoms with Gasteiger partial charge in [0.25, 0.3) is 11.8 Å². The number of nitrogens with one attached hydrogen (secondary N) is 2. The Morgan fingerprint density at radius 1 is 1.11 bits per heavy atom. The number of carbonyl (C=O) groups is 2. The number of pyridine rings is 1. The third kappa shape index (κ3) is 4.48. The summed E-state index contributed by atoms with van der Waals surface area (Å²) in [7, 11) is 0. The van der Waals surface area contributed by atoms with Crippen molar-refractivity contribution < 1.29 is 14.3 Å². The van der Waals surface area contributed by atoms with Gasteiger partial charge < -0.3 is 20.3 Å². The van der Waals surface area contributed by atoms with Crippen LogP contribution in [-0.4, -0.2) is 48.6 Å². The van der Waals surface area contributed by atoms with Crippen LogP contribution in [0.1, 0.15) is 70.4 Å². The van der Waals surface area contributed by atoms with Crippen molar-refractivity contribution in [2.75, 3.05) is 24.6 Å². The van der Waals surface area contributed by atoms with E-state index in [9.17, 15) is 9.59 Å². The van der Waals surface area contributed by atoms with Crippen molar-refractivity contribution in [2.45, 2.75) is 64.0 Å². The number of anilines is 1. The van der Waals surface area contributed by atoms with E-state index in [1.807, 2.05) is 31.2 Å². The quantitative estimate of drug-likeness (QED) is 0.668. The Bertz CT molecular complexity index is 1130. The zero-order valence-corrected chi connectivity index (χ0v) is 20.4. The molecule has 7 heteroatoms. The van der Waals surface area contributed by atoms with Gasteiger partial charge in [0.15, 0.2) is 0 Å². The second kappa shape index (κ2) is 9.17. The van der Waals surface area contributed by atoms with E-state index in [2.05, 4.69) is 20.5 Å². The maximum Gasteiger partial charge on any atom is 0.252 e. The van der Waals surface area contributed by atoms with Gasteiger partial charge in [0.05, 0.1) is 12.2 Å². The topological polar surface area (TPSA) is 83.6 Å². The van der Waals surface area contributed by atoms with Crippen LogP contribution in [0, 0.1) is 18.8 Å². The van der Waals surface area contributed by atoms with Crippen molar-refractivity contribution in [2.24, 2.45) is 11.8 Å². The number of amides is 2. The van der Waals surface area contributed by atoms with Crippen LogP contribution in [0.5, 0.6) is 5.75 Å². The molecule has 3 heterocycles. The molecule has 0 radical (unpaired) electrons. The molecule has 1 saturated heterocycles. The van der Waals surface area contributed by atoms with E-state index in [4.69, 9.17) is 4.74 Å². The molecule has 0 spiro atoms. The highest BCUT2D eigenvalue weighted by Crippen LogP contribution is 2.39. The van der Waals surface area contributed by atoms with Crippen molar-refractivity contribution in [3.8, 4) is 5.75 Å². The Morgan fingerprint density at radius 3 is 2.80 bits per heavy atom. The fraction of sp³-hybridized carbons (Fsp3) is 0.536. The van der Waals surface area contributed by atoms with Crippen molar-refractivity contribution in [1.82, 2.24) is 15.6 Å². The molecule has 1 aromatic heterocycles. The molecule has 2 saturated carbocycles. The number of fused-ring (bicyclic) bond motifs is 2. The molecule has 0 bridgehead atoms. The lowest BCUT2D eigenvalue weighted by molar-refractivity contribution is 0.0932. The normalized spacial score (nSPS) is 24.9. The summed E-state index contributed by atoms with van der Waals surface area (Å²) in [6.45, 7) is 4.41. The van der Waals surface area contributed by atoms with Crippen LogP contribution < -0.4 is 20.3 Å². The largest absolute Gasteiger partial charge is 0.493 e. The van der Waals surface area contributed by atoms with Crippen LogP contribution in [0.3, 0.4) is 0 Å². The van der Waals surface area contributed by atoms with Gasteiger partial charge in [-0.2, -0.15) is 0 Å². The highest BCUT2D eigenvalue weighted by molar-refractivity contribution is 5.96. The lowest BCUT2D eigenvalue weighted by Gasteiger charge is -2.38. The molecule has 6 rings (SSSR count). The number of hydrogen-bond donors (Lipinski definition) is 2. The van der Waals surface area contributed by atoms with Crippen LogP contribution >= 0.6 is 0 Å². The molecule has 2 amide bonds. The van der Waals surface area contributed by atoms with Crippen molar-refractivity contribution in [3.63, 3.8) is 0 Å². The minimum Gasteiger partial charge on any atom is -0.493 e. The van der Waals surface area contributed by atoms with Crippen LogP contribution in [0.15, 0.2) is 30.5 Å². The minimum atomic E-state index is -0.0386. The molecule has 3 fully saturated rings. The van der Waals surface area contributed by atoms with Crippen LogP contribution in [0.25, 0.3) is 0 Å². The summed E-state index contributed by atoms with van der Waals surface area (Å²) in [6.07, 6.45) is 9.27. The molecule has 2 aromatic rings. The summed E-state index contributed by atoms with van der Waals surface area (Å²) >= 11 is 0. The van der Waals surface area contributed by atoms with Crippen molar-refractivity contribution >= 4 is 17.6 Å². The monoisotopic (exact) mass is 474 g/mol. The van der Waals surface area contributed by atoms with Gasteiger partial charge >= 0.3 is 0 Å². The molecule has 4 aliphatic rings. The average molecular weight is 475 g/mol. The number of ether oxygens (including phenoxy) is 1. The number of hydrogen-bond acceptors (Lipinski definition) is 5. The standard InChI is InChI=1S/C28H34N4O3/c1-17-23(8-6-19-10-12-35-26(17)19)28(34)31-22-13-20-3-2-11-32(24(20)14-22)25-9-7-21(16-29-25)27(33)30-15-18-4-5-18/h6-9,16,18,20,22,24H,2-5,10-15H2,1H3,(H,30,33)(H,31,34). The van der Waals surface area contributed by atoms with Gasteiger partial charge in [0.2, 0.25) is 0 Å². The Hall–Kier alpha value is -3.09. The number of nitrogens with zero attached hydrogens (tertiary/aromatic N) is 2. The fourth-order valence-electron chi connectivity index (χ4n) is 6.16. The summed E-state index contributed by atoms with van der Waals surface area (Å²) in [5.74, 6) is 2.98. The molecule has 2 aliphatic carbocycles. The van der Waals surface area contributed by atoms with E-state index in [0.717, 1.165) is 61.5 Å². The smallest absolute Gasteiger partial charge is 0.252 e. The first-order valence-electron chi connectivity index (χ1n) is 13.1. The van der Waals surface area contributed by atoms with E-state index >= 15 is 0 Å². The second-order valence-electron chi connectivity index (χ2n) is 10.7. The van der Waals surface area contributed by atoms with Crippen LogP contribution in [-0.2, 0) is 6.42 Å². The first-order chi connectivity index (χ1) is 17.1. The molecule has 3 atom stereocenters. The maximum atomic E-state index is 13.1. The fourth-order valence-corrected chi connectivity index (χ4v) is 6.16. The van der Waals surface area contributed by atoms with E-state index in [0.29, 0.717) is 30.0 Å². The lowest BCUT2D eigenvalue weighted by Crippen LogP contribution is -2.43. The molecule has 35 heavy (non-hydrogen) atoms. The zero-order chi connectivity index (χ0) is 23.9. The molecule has 2 aliphatic heterocycles. The van der Waals surface area contributed by atoms with Gasteiger partial charge in [-0.1, -0.05) is 6.07 Å².